The van der Waals surface area contributed by atoms with Gasteiger partial charge in [-0.25, -0.2) is 4.79 Å². The zero-order valence-corrected chi connectivity index (χ0v) is 31.2. The first kappa shape index (κ1) is 56.6. The van der Waals surface area contributed by atoms with Crippen molar-refractivity contribution in [3.05, 3.63) is 25.3 Å². The highest BCUT2D eigenvalue weighted by Gasteiger charge is 2.23. The second-order valence-electron chi connectivity index (χ2n) is 9.32. The lowest BCUT2D eigenvalue weighted by Gasteiger charge is -2.25. The van der Waals surface area contributed by atoms with Gasteiger partial charge in [0.2, 0.25) is 5.91 Å². The number of nitrogens with one attached hydrogen (secondary N) is 1. The molecule has 0 heterocycles. The van der Waals surface area contributed by atoms with E-state index in [1.54, 1.807) is 33.9 Å². The van der Waals surface area contributed by atoms with Gasteiger partial charge in [0.15, 0.2) is 5.78 Å². The van der Waals surface area contributed by atoms with E-state index in [4.69, 9.17) is 10.5 Å². The van der Waals surface area contributed by atoms with Gasteiger partial charge in [-0.05, 0) is 52.9 Å². The Labute approximate surface area is 272 Å². The number of methoxy groups -OCH3 is 1. The van der Waals surface area contributed by atoms with Crippen molar-refractivity contribution in [1.29, 1.82) is 0 Å². The molecule has 0 aliphatic carbocycles. The van der Waals surface area contributed by atoms with Gasteiger partial charge in [-0.1, -0.05) is 87.3 Å². The maximum Gasteiger partial charge on any atom is 0.408 e. The SMILES string of the molecule is C#C.C=CC(C)C(N)C(=O)OC.C=CCCCCC.CC.CC.CC.CC[C@@H](C(C)=O)N(C)C(=O)CNC(=O)OC(C)(C)C. The number of Topliss-reactive ketones (excluding diaryl/α,β-unsaturated/α-hetero) is 1. The second kappa shape index (κ2) is 42.0. The van der Waals surface area contributed by atoms with Crippen LogP contribution < -0.4 is 11.1 Å². The number of unbranched alkanes of at least 4 members (excludes halogenated alkanes) is 3. The fourth-order valence-electron chi connectivity index (χ4n) is 2.63. The lowest BCUT2D eigenvalue weighted by molar-refractivity contribution is -0.143. The van der Waals surface area contributed by atoms with Crippen LogP contribution in [0.5, 0.6) is 0 Å². The first-order chi connectivity index (χ1) is 20.6. The van der Waals surface area contributed by atoms with Gasteiger partial charge >= 0.3 is 12.1 Å². The molecular weight excluding hydrogens is 558 g/mol. The smallest absolute Gasteiger partial charge is 0.408 e. The topological polar surface area (TPSA) is 128 Å². The summed E-state index contributed by atoms with van der Waals surface area (Å²) in [7, 11) is 2.87. The second-order valence-corrected chi connectivity index (χ2v) is 9.32. The largest absolute Gasteiger partial charge is 0.468 e. The summed E-state index contributed by atoms with van der Waals surface area (Å²) in [6.45, 7) is 31.5. The Bertz CT molecular complexity index is 715. The van der Waals surface area contributed by atoms with Crippen molar-refractivity contribution in [3.8, 4) is 12.8 Å². The van der Waals surface area contributed by atoms with Gasteiger partial charge in [-0.2, -0.15) is 0 Å². The molecule has 0 aromatic heterocycles. The van der Waals surface area contributed by atoms with Crippen LogP contribution in [0.25, 0.3) is 0 Å². The standard InChI is InChI=1S/C13H24N2O4.C7H13NO2.C7H14.3C2H6.C2H2/c1-7-10(9(2)16)15(6)11(17)8-14-12(18)19-13(3,4)5;1-4-5(2)6(8)7(9)10-3;1-3-5-7-6-4-2;4*1-2/h10H,7-8H2,1-6H3,(H,14,18);4-6H,1,8H2,2-3H3;3H,1,4-7H2,2H3;3*1-2H3;1-2H/t10-;;;;;;/m0....../s1. The summed E-state index contributed by atoms with van der Waals surface area (Å²) in [5.41, 5.74) is 4.83. The quantitative estimate of drug-likeness (QED) is 0.0978. The zero-order chi connectivity index (χ0) is 36.9. The fraction of sp³-hybridized carbons (Fsp3) is 0.714. The van der Waals surface area contributed by atoms with Crippen molar-refractivity contribution in [2.45, 2.75) is 140 Å². The van der Waals surface area contributed by atoms with Gasteiger partial charge in [-0.15, -0.1) is 26.0 Å². The van der Waals surface area contributed by atoms with Crippen LogP contribution >= 0.6 is 0 Å². The predicted octanol–water partition coefficient (Wildman–Crippen LogP) is 7.73. The van der Waals surface area contributed by atoms with E-state index in [-0.39, 0.29) is 24.2 Å². The number of nitrogens with two attached hydrogens (primary N) is 1. The molecule has 9 heteroatoms. The van der Waals surface area contributed by atoms with E-state index in [1.165, 1.54) is 44.6 Å². The molecule has 2 unspecified atom stereocenters. The molecule has 0 saturated heterocycles. The molecule has 44 heavy (non-hydrogen) atoms. The van der Waals surface area contributed by atoms with Gasteiger partial charge in [0.25, 0.3) is 0 Å². The molecule has 0 aliphatic rings. The molecule has 9 nitrogen and oxygen atoms in total. The molecule has 2 amide bonds. The molecule has 3 N–H and O–H groups in total. The van der Waals surface area contributed by atoms with Crippen molar-refractivity contribution < 1.29 is 28.7 Å². The number of carbonyl (C=O) groups is 4. The minimum atomic E-state index is -0.648. The Morgan fingerprint density at radius 2 is 1.43 bits per heavy atom. The molecule has 0 rings (SSSR count). The van der Waals surface area contributed by atoms with Gasteiger partial charge in [-0.3, -0.25) is 14.4 Å². The summed E-state index contributed by atoms with van der Waals surface area (Å²) in [5, 5.41) is 2.37. The van der Waals surface area contributed by atoms with Crippen LogP contribution in [-0.2, 0) is 23.9 Å². The van der Waals surface area contributed by atoms with E-state index in [9.17, 15) is 19.2 Å². The van der Waals surface area contributed by atoms with Crippen LogP contribution in [-0.4, -0.2) is 67.0 Å². The predicted molar refractivity (Wildman–Crippen MR) is 189 cm³/mol. The Hall–Kier alpha value is -3.12. The van der Waals surface area contributed by atoms with E-state index in [0.29, 0.717) is 6.42 Å². The minimum absolute atomic E-state index is 0.0348. The lowest BCUT2D eigenvalue weighted by Crippen LogP contribution is -2.46. The minimum Gasteiger partial charge on any atom is -0.468 e. The normalized spacial score (nSPS) is 10.8. The average Bonchev–Trinajstić information content (AvgIpc) is 3.02. The average molecular weight is 630 g/mol. The number of amides is 2. The number of allylic oxidation sites excluding steroid dienone is 1. The Morgan fingerprint density at radius 1 is 0.977 bits per heavy atom. The summed E-state index contributed by atoms with van der Waals surface area (Å²) in [6, 6.07) is -1.03. The van der Waals surface area contributed by atoms with Crippen molar-refractivity contribution in [1.82, 2.24) is 10.2 Å². The van der Waals surface area contributed by atoms with Crippen LogP contribution in [0, 0.1) is 18.8 Å². The molecule has 3 atom stereocenters. The molecular formula is C35H71N3O6. The van der Waals surface area contributed by atoms with E-state index >= 15 is 0 Å². The number of carbonyl (C=O) groups excluding carboxylic acids is 4. The molecule has 262 valence electrons. The summed E-state index contributed by atoms with van der Waals surface area (Å²) < 4.78 is 9.44. The van der Waals surface area contributed by atoms with Crippen molar-refractivity contribution in [2.24, 2.45) is 11.7 Å². The summed E-state index contributed by atoms with van der Waals surface area (Å²) >= 11 is 0. The number of ketones is 1. The van der Waals surface area contributed by atoms with Gasteiger partial charge in [0.1, 0.15) is 18.2 Å². The number of alkyl carbamates (subject to hydrolysis) is 1. The lowest BCUT2D eigenvalue weighted by atomic mass is 10.0. The van der Waals surface area contributed by atoms with Crippen molar-refractivity contribution >= 4 is 23.8 Å². The van der Waals surface area contributed by atoms with Crippen molar-refractivity contribution in [3.63, 3.8) is 0 Å². The molecule has 0 saturated carbocycles. The number of terminal acetylenes is 1. The van der Waals surface area contributed by atoms with E-state index in [1.807, 2.05) is 61.5 Å². The summed E-state index contributed by atoms with van der Waals surface area (Å²) in [6.07, 6.45) is 16.7. The molecule has 0 radical (unpaired) electrons. The monoisotopic (exact) mass is 630 g/mol. The molecule has 0 bridgehead atoms. The van der Waals surface area contributed by atoms with Crippen LogP contribution in [0.2, 0.25) is 0 Å². The van der Waals surface area contributed by atoms with Gasteiger partial charge < -0.3 is 25.4 Å². The first-order valence-corrected chi connectivity index (χ1v) is 15.8. The maximum absolute atomic E-state index is 11.8. The highest BCUT2D eigenvalue weighted by molar-refractivity contribution is 5.89. The Morgan fingerprint density at radius 3 is 1.73 bits per heavy atom. The maximum atomic E-state index is 11.8. The zero-order valence-electron chi connectivity index (χ0n) is 31.2. The van der Waals surface area contributed by atoms with E-state index in [0.717, 1.165) is 0 Å². The van der Waals surface area contributed by atoms with Crippen LogP contribution in [0.3, 0.4) is 0 Å². The Balaban J connectivity index is -0.0000000919. The van der Waals surface area contributed by atoms with E-state index < -0.39 is 29.7 Å². The molecule has 0 aliphatic heterocycles. The van der Waals surface area contributed by atoms with Crippen LogP contribution in [0.1, 0.15) is 122 Å². The van der Waals surface area contributed by atoms with Gasteiger partial charge in [0.05, 0.1) is 13.2 Å². The van der Waals surface area contributed by atoms with Crippen molar-refractivity contribution in [2.75, 3.05) is 20.7 Å². The number of hydrogen-bond donors (Lipinski definition) is 2. The number of ether oxygens (including phenoxy) is 2. The highest BCUT2D eigenvalue weighted by Crippen LogP contribution is 2.07. The van der Waals surface area contributed by atoms with Gasteiger partial charge in [0, 0.05) is 7.05 Å². The number of rotatable bonds is 12. The molecule has 0 aromatic rings. The third-order valence-corrected chi connectivity index (χ3v) is 4.92. The number of esters is 1. The molecule has 0 aromatic carbocycles. The molecule has 0 spiro atoms. The first-order valence-electron chi connectivity index (χ1n) is 15.8. The highest BCUT2D eigenvalue weighted by atomic mass is 16.6. The Kier molecular flexibility index (Phi) is 54.1. The third kappa shape index (κ3) is 41.0. The van der Waals surface area contributed by atoms with Crippen LogP contribution in [0.4, 0.5) is 4.79 Å². The van der Waals surface area contributed by atoms with E-state index in [2.05, 4.69) is 43.0 Å². The van der Waals surface area contributed by atoms with Crippen LogP contribution in [0.15, 0.2) is 25.3 Å². The fourth-order valence-corrected chi connectivity index (χ4v) is 2.63. The molecule has 0 fully saturated rings. The number of likely N-dealkylation sites (N-methyl/N-ethyl adjacent to an activating group) is 1. The number of nitrogens with zero attached hydrogens (tertiary/aromatic N) is 1. The summed E-state index contributed by atoms with van der Waals surface area (Å²) in [4.78, 5) is 46.6. The number of hydrogen-bond acceptors (Lipinski definition) is 7. The summed E-state index contributed by atoms with van der Waals surface area (Å²) in [5.74, 6) is -0.830. The third-order valence-electron chi connectivity index (χ3n) is 4.92.